The van der Waals surface area contributed by atoms with Crippen LogP contribution in [0.25, 0.3) is 0 Å². The van der Waals surface area contributed by atoms with Gasteiger partial charge in [-0.25, -0.2) is 0 Å². The fourth-order valence-corrected chi connectivity index (χ4v) is 0.688. The van der Waals surface area contributed by atoms with E-state index >= 15 is 0 Å². The summed E-state index contributed by atoms with van der Waals surface area (Å²) < 4.78 is 0. The molecule has 1 fully saturated rings. The van der Waals surface area contributed by atoms with E-state index < -0.39 is 0 Å². The minimum Gasteiger partial charge on any atom is -0.286 e. The summed E-state index contributed by atoms with van der Waals surface area (Å²) in [6.45, 7) is 0. The minimum absolute atomic E-state index is 0. The number of amides is 2. The molecule has 0 N–H and O–H groups in total. The summed E-state index contributed by atoms with van der Waals surface area (Å²) in [7, 11) is 1.51. The number of likely N-dealkylation sites (tertiary alicyclic amines) is 1. The molecule has 4 heteroatoms. The summed E-state index contributed by atoms with van der Waals surface area (Å²) in [6, 6.07) is 0. The number of imide groups is 1. The van der Waals surface area contributed by atoms with Crippen LogP contribution < -0.4 is 0 Å². The first-order valence-electron chi connectivity index (χ1n) is 2.51. The molecule has 0 unspecified atom stereocenters. The maximum atomic E-state index is 10.5. The molecule has 0 spiro atoms. The zero-order valence-corrected chi connectivity index (χ0v) is 7.64. The molecular weight excluding hydrogens is 197 g/mol. The van der Waals surface area contributed by atoms with Crippen LogP contribution in [0, 0.1) is 0 Å². The maximum absolute atomic E-state index is 10.5. The number of rotatable bonds is 0. The van der Waals surface area contributed by atoms with E-state index in [9.17, 15) is 9.59 Å². The summed E-state index contributed by atoms with van der Waals surface area (Å²) in [5.74, 6) is -0.120. The van der Waals surface area contributed by atoms with Crippen molar-refractivity contribution >= 4 is 11.8 Å². The average Bonchev–Trinajstić information content (AvgIpc) is 1.98. The average molecular weight is 204 g/mol. The zero-order chi connectivity index (χ0) is 6.15. The maximum Gasteiger partial charge on any atom is 0.229 e. The molecule has 0 radical (unpaired) electrons. The Kier molecular flexibility index (Phi) is 3.27. The van der Waals surface area contributed by atoms with Gasteiger partial charge in [0.1, 0.15) is 0 Å². The van der Waals surface area contributed by atoms with Crippen LogP contribution in [0.3, 0.4) is 0 Å². The van der Waals surface area contributed by atoms with E-state index in [-0.39, 0.29) is 38.0 Å². The van der Waals surface area contributed by atoms with E-state index in [4.69, 9.17) is 0 Å². The predicted octanol–water partition coefficient (Wildman–Crippen LogP) is -0.237. The quantitative estimate of drug-likeness (QED) is 0.511. The smallest absolute Gasteiger partial charge is 0.229 e. The number of carbonyl (C=O) groups is 2. The van der Waals surface area contributed by atoms with Crippen molar-refractivity contribution in [3.8, 4) is 0 Å². The second-order valence-corrected chi connectivity index (χ2v) is 1.85. The van der Waals surface area contributed by atoms with Gasteiger partial charge in [0.2, 0.25) is 11.8 Å². The third-order valence-electron chi connectivity index (χ3n) is 1.30. The zero-order valence-electron chi connectivity index (χ0n) is 5.18. The van der Waals surface area contributed by atoms with Crippen LogP contribution >= 0.6 is 0 Å². The summed E-state index contributed by atoms with van der Waals surface area (Å²) in [5.41, 5.74) is 0. The molecule has 0 bridgehead atoms. The molecule has 0 saturated carbocycles. The van der Waals surface area contributed by atoms with Crippen LogP contribution in [0.15, 0.2) is 0 Å². The van der Waals surface area contributed by atoms with E-state index in [2.05, 4.69) is 0 Å². The van der Waals surface area contributed by atoms with Crippen LogP contribution in [-0.4, -0.2) is 23.8 Å². The Balaban J connectivity index is 0.000000640. The second-order valence-electron chi connectivity index (χ2n) is 1.85. The van der Waals surface area contributed by atoms with Crippen LogP contribution in [-0.2, 0) is 35.8 Å². The van der Waals surface area contributed by atoms with Gasteiger partial charge in [-0.15, -0.1) is 0 Å². The van der Waals surface area contributed by atoms with Crippen molar-refractivity contribution in [2.75, 3.05) is 7.05 Å². The Morgan fingerprint density at radius 3 is 1.67 bits per heavy atom. The summed E-state index contributed by atoms with van der Waals surface area (Å²) in [4.78, 5) is 22.1. The molecule has 9 heavy (non-hydrogen) atoms. The van der Waals surface area contributed by atoms with Crippen molar-refractivity contribution in [3.63, 3.8) is 0 Å². The molecule has 0 aliphatic carbocycles. The van der Waals surface area contributed by atoms with Crippen LogP contribution in [0.5, 0.6) is 0 Å². The Morgan fingerprint density at radius 2 is 1.56 bits per heavy atom. The molecule has 1 heterocycles. The van der Waals surface area contributed by atoms with Crippen molar-refractivity contribution in [3.05, 3.63) is 0 Å². The molecular formula is C5H7NO2Zr. The third kappa shape index (κ3) is 1.72. The molecule has 0 atom stereocenters. The minimum atomic E-state index is -0.0602. The standard InChI is InChI=1S/C5H7NO2.Zr/c1-6-4(7)2-3-5(6)8;/h2-3H2,1H3;. The van der Waals surface area contributed by atoms with Gasteiger partial charge >= 0.3 is 0 Å². The molecule has 1 rings (SSSR count). The van der Waals surface area contributed by atoms with Gasteiger partial charge in [-0.2, -0.15) is 0 Å². The van der Waals surface area contributed by atoms with Crippen molar-refractivity contribution in [2.24, 2.45) is 0 Å². The SMILES string of the molecule is CN1C(=O)CCC1=O.[Zr]. The van der Waals surface area contributed by atoms with Gasteiger partial charge in [0, 0.05) is 46.1 Å². The van der Waals surface area contributed by atoms with Crippen molar-refractivity contribution in [1.29, 1.82) is 0 Å². The fourth-order valence-electron chi connectivity index (χ4n) is 0.688. The third-order valence-corrected chi connectivity index (χ3v) is 1.30. The Bertz CT molecular complexity index is 130. The second kappa shape index (κ2) is 3.26. The van der Waals surface area contributed by atoms with Crippen LogP contribution in [0.2, 0.25) is 0 Å². The van der Waals surface area contributed by atoms with Crippen molar-refractivity contribution < 1.29 is 35.8 Å². The summed E-state index contributed by atoms with van der Waals surface area (Å²) in [5, 5.41) is 0. The van der Waals surface area contributed by atoms with Crippen molar-refractivity contribution in [2.45, 2.75) is 12.8 Å². The monoisotopic (exact) mass is 203 g/mol. The molecule has 48 valence electrons. The molecule has 1 aliphatic heterocycles. The molecule has 0 aromatic rings. The van der Waals surface area contributed by atoms with Gasteiger partial charge in [-0.05, 0) is 0 Å². The molecule has 1 aliphatic rings. The Morgan fingerprint density at radius 1 is 1.22 bits per heavy atom. The van der Waals surface area contributed by atoms with Crippen LogP contribution in [0.4, 0.5) is 0 Å². The van der Waals surface area contributed by atoms with Gasteiger partial charge in [0.05, 0.1) is 0 Å². The first kappa shape index (κ1) is 9.02. The topological polar surface area (TPSA) is 37.4 Å². The fraction of sp³-hybridized carbons (Fsp3) is 0.600. The molecule has 2 amide bonds. The summed E-state index contributed by atoms with van der Waals surface area (Å²) in [6.07, 6.45) is 0.796. The molecule has 0 aromatic heterocycles. The molecule has 3 nitrogen and oxygen atoms in total. The van der Waals surface area contributed by atoms with E-state index in [1.807, 2.05) is 0 Å². The summed E-state index contributed by atoms with van der Waals surface area (Å²) >= 11 is 0. The van der Waals surface area contributed by atoms with Gasteiger partial charge in [0.25, 0.3) is 0 Å². The Hall–Kier alpha value is 0.0231. The van der Waals surface area contributed by atoms with E-state index in [1.165, 1.54) is 11.9 Å². The van der Waals surface area contributed by atoms with Crippen molar-refractivity contribution in [1.82, 2.24) is 4.90 Å². The molecule has 0 aromatic carbocycles. The number of hydrogen-bond donors (Lipinski definition) is 0. The first-order chi connectivity index (χ1) is 3.72. The van der Waals surface area contributed by atoms with Gasteiger partial charge in [0.15, 0.2) is 0 Å². The van der Waals surface area contributed by atoms with Crippen LogP contribution in [0.1, 0.15) is 12.8 Å². The number of hydrogen-bond acceptors (Lipinski definition) is 2. The van der Waals surface area contributed by atoms with E-state index in [0.29, 0.717) is 12.8 Å². The van der Waals surface area contributed by atoms with E-state index in [0.717, 1.165) is 0 Å². The van der Waals surface area contributed by atoms with Gasteiger partial charge in [-0.1, -0.05) is 0 Å². The first-order valence-corrected chi connectivity index (χ1v) is 2.51. The van der Waals surface area contributed by atoms with E-state index in [1.54, 1.807) is 0 Å². The largest absolute Gasteiger partial charge is 0.286 e. The number of nitrogens with zero attached hydrogens (tertiary/aromatic N) is 1. The predicted molar refractivity (Wildman–Crippen MR) is 27.0 cm³/mol. The Labute approximate surface area is 72.5 Å². The normalized spacial score (nSPS) is 18.1. The number of carbonyl (C=O) groups excluding carboxylic acids is 2. The van der Waals surface area contributed by atoms with Gasteiger partial charge in [-0.3, -0.25) is 14.5 Å². The molecule has 1 saturated heterocycles. The van der Waals surface area contributed by atoms with Gasteiger partial charge < -0.3 is 0 Å².